The average molecular weight is 195 g/mol. The fourth-order valence-corrected chi connectivity index (χ4v) is 1.01. The Bertz CT molecular complexity index is 276. The minimum atomic E-state index is 0.437. The Balaban J connectivity index is 2.49. The van der Waals surface area contributed by atoms with Gasteiger partial charge in [0, 0.05) is 12.1 Å². The highest BCUT2D eigenvalue weighted by molar-refractivity contribution is 5.22. The molecule has 0 aliphatic carbocycles. The number of nitrogens with two attached hydrogens (primary N) is 1. The molecule has 1 rings (SSSR count). The zero-order valence-corrected chi connectivity index (χ0v) is 8.73. The summed E-state index contributed by atoms with van der Waals surface area (Å²) < 4.78 is 5.49. The van der Waals surface area contributed by atoms with E-state index >= 15 is 0 Å². The first kappa shape index (κ1) is 10.9. The number of nitrogens with zero attached hydrogens (tertiary/aromatic N) is 2. The summed E-state index contributed by atoms with van der Waals surface area (Å²) in [6.45, 7) is 5.42. The maximum absolute atomic E-state index is 5.53. The van der Waals surface area contributed by atoms with Crippen LogP contribution >= 0.6 is 0 Å². The molecule has 0 saturated heterocycles. The van der Waals surface area contributed by atoms with Crippen molar-refractivity contribution in [3.05, 3.63) is 17.8 Å². The Hall–Kier alpha value is -1.16. The first-order valence-corrected chi connectivity index (χ1v) is 4.87. The van der Waals surface area contributed by atoms with Gasteiger partial charge in [-0.15, -0.1) is 5.10 Å². The summed E-state index contributed by atoms with van der Waals surface area (Å²) in [5.74, 6) is 1.20. The molecular weight excluding hydrogens is 178 g/mol. The number of hydrogen-bond donors (Lipinski definition) is 1. The van der Waals surface area contributed by atoms with Crippen LogP contribution in [0.3, 0.4) is 0 Å². The molecule has 0 unspecified atom stereocenters. The molecule has 1 aromatic heterocycles. The van der Waals surface area contributed by atoms with Crippen LogP contribution in [0.5, 0.6) is 5.88 Å². The van der Waals surface area contributed by atoms with Crippen molar-refractivity contribution in [2.75, 3.05) is 6.61 Å². The Morgan fingerprint density at radius 2 is 2.29 bits per heavy atom. The number of rotatable bonds is 5. The molecule has 78 valence electrons. The fourth-order valence-electron chi connectivity index (χ4n) is 1.01. The maximum atomic E-state index is 5.53. The molecular formula is C10H17N3O. The fraction of sp³-hybridized carbons (Fsp3) is 0.600. The second kappa shape index (κ2) is 5.54. The smallest absolute Gasteiger partial charge is 0.237 e. The predicted molar refractivity (Wildman–Crippen MR) is 54.9 cm³/mol. The van der Waals surface area contributed by atoms with Gasteiger partial charge in [0.2, 0.25) is 5.88 Å². The molecule has 1 aromatic rings. The van der Waals surface area contributed by atoms with Gasteiger partial charge in [0.1, 0.15) is 0 Å². The van der Waals surface area contributed by atoms with Crippen molar-refractivity contribution in [3.8, 4) is 5.88 Å². The summed E-state index contributed by atoms with van der Waals surface area (Å²) in [6, 6.07) is 1.83. The molecule has 0 radical (unpaired) electrons. The van der Waals surface area contributed by atoms with E-state index in [4.69, 9.17) is 10.5 Å². The number of aromatic nitrogens is 2. The first-order chi connectivity index (χ1) is 6.74. The Morgan fingerprint density at radius 3 is 2.93 bits per heavy atom. The highest BCUT2D eigenvalue weighted by atomic mass is 16.5. The van der Waals surface area contributed by atoms with Crippen molar-refractivity contribution >= 4 is 0 Å². The van der Waals surface area contributed by atoms with Crippen molar-refractivity contribution in [1.29, 1.82) is 0 Å². The van der Waals surface area contributed by atoms with Crippen molar-refractivity contribution in [1.82, 2.24) is 10.2 Å². The van der Waals surface area contributed by atoms with Crippen LogP contribution in [0.1, 0.15) is 25.8 Å². The van der Waals surface area contributed by atoms with E-state index < -0.39 is 0 Å². The van der Waals surface area contributed by atoms with Crippen molar-refractivity contribution < 1.29 is 4.74 Å². The summed E-state index contributed by atoms with van der Waals surface area (Å²) in [5.41, 5.74) is 6.44. The second-order valence-electron chi connectivity index (χ2n) is 3.60. The lowest BCUT2D eigenvalue weighted by Gasteiger charge is -2.08. The minimum Gasteiger partial charge on any atom is -0.476 e. The first-order valence-electron chi connectivity index (χ1n) is 4.87. The van der Waals surface area contributed by atoms with E-state index in [0.29, 0.717) is 24.9 Å². The Morgan fingerprint density at radius 1 is 1.50 bits per heavy atom. The third-order valence-corrected chi connectivity index (χ3v) is 1.92. The van der Waals surface area contributed by atoms with Gasteiger partial charge in [-0.2, -0.15) is 5.10 Å². The monoisotopic (exact) mass is 195 g/mol. The number of hydrogen-bond acceptors (Lipinski definition) is 4. The van der Waals surface area contributed by atoms with E-state index in [1.54, 1.807) is 6.20 Å². The van der Waals surface area contributed by atoms with Gasteiger partial charge in [0.05, 0.1) is 12.8 Å². The molecule has 0 bridgehead atoms. The van der Waals surface area contributed by atoms with Crippen molar-refractivity contribution in [2.24, 2.45) is 11.7 Å². The molecule has 4 nitrogen and oxygen atoms in total. The lowest BCUT2D eigenvalue weighted by atomic mass is 10.1. The zero-order valence-electron chi connectivity index (χ0n) is 8.73. The summed E-state index contributed by atoms with van der Waals surface area (Å²) >= 11 is 0. The minimum absolute atomic E-state index is 0.437. The zero-order chi connectivity index (χ0) is 10.4. The van der Waals surface area contributed by atoms with Crippen molar-refractivity contribution in [3.63, 3.8) is 0 Å². The summed E-state index contributed by atoms with van der Waals surface area (Å²) in [5, 5.41) is 7.65. The second-order valence-corrected chi connectivity index (χ2v) is 3.60. The van der Waals surface area contributed by atoms with Crippen molar-refractivity contribution in [2.45, 2.75) is 26.8 Å². The van der Waals surface area contributed by atoms with Crippen LogP contribution in [-0.2, 0) is 6.54 Å². The average Bonchev–Trinajstić information content (AvgIpc) is 2.18. The predicted octanol–water partition coefficient (Wildman–Crippen LogP) is 1.36. The van der Waals surface area contributed by atoms with Gasteiger partial charge in [0.15, 0.2) is 0 Å². The van der Waals surface area contributed by atoms with Gasteiger partial charge in [-0.1, -0.05) is 13.8 Å². The molecule has 0 saturated carbocycles. The van der Waals surface area contributed by atoms with Gasteiger partial charge in [-0.05, 0) is 18.4 Å². The van der Waals surface area contributed by atoms with Crippen LogP contribution in [0, 0.1) is 5.92 Å². The molecule has 0 atom stereocenters. The molecule has 2 N–H and O–H groups in total. The van der Waals surface area contributed by atoms with Crippen LogP contribution in [0.15, 0.2) is 12.3 Å². The van der Waals surface area contributed by atoms with E-state index in [1.807, 2.05) is 6.07 Å². The van der Waals surface area contributed by atoms with E-state index in [9.17, 15) is 0 Å². The highest BCUT2D eigenvalue weighted by Crippen LogP contribution is 2.12. The van der Waals surface area contributed by atoms with Crippen LogP contribution in [-0.4, -0.2) is 16.8 Å². The van der Waals surface area contributed by atoms with E-state index in [-0.39, 0.29) is 0 Å². The standard InChI is InChI=1S/C10H17N3O/c1-8(2)4-6-14-10-9(7-11)3-5-12-13-10/h3,5,8H,4,6-7,11H2,1-2H3. The summed E-state index contributed by atoms with van der Waals surface area (Å²) in [6.07, 6.45) is 2.64. The molecule has 0 aromatic carbocycles. The quantitative estimate of drug-likeness (QED) is 0.770. The SMILES string of the molecule is CC(C)CCOc1nnccc1CN. The highest BCUT2D eigenvalue weighted by Gasteiger charge is 2.03. The molecule has 0 aliphatic rings. The van der Waals surface area contributed by atoms with E-state index in [0.717, 1.165) is 12.0 Å². The Kier molecular flexibility index (Phi) is 4.32. The van der Waals surface area contributed by atoms with Crippen LogP contribution < -0.4 is 10.5 Å². The van der Waals surface area contributed by atoms with E-state index in [1.165, 1.54) is 0 Å². The molecule has 1 heterocycles. The molecule has 0 fully saturated rings. The lowest BCUT2D eigenvalue weighted by Crippen LogP contribution is -2.07. The van der Waals surface area contributed by atoms with Crippen LogP contribution in [0.4, 0.5) is 0 Å². The Labute approximate surface area is 84.5 Å². The number of ether oxygens (including phenoxy) is 1. The van der Waals surface area contributed by atoms with Crippen LogP contribution in [0.25, 0.3) is 0 Å². The topological polar surface area (TPSA) is 61.0 Å². The third kappa shape index (κ3) is 3.30. The van der Waals surface area contributed by atoms with Gasteiger partial charge < -0.3 is 10.5 Å². The molecule has 4 heteroatoms. The maximum Gasteiger partial charge on any atom is 0.237 e. The van der Waals surface area contributed by atoms with Gasteiger partial charge >= 0.3 is 0 Å². The normalized spacial score (nSPS) is 10.6. The molecule has 0 spiro atoms. The van der Waals surface area contributed by atoms with Crippen LogP contribution in [0.2, 0.25) is 0 Å². The van der Waals surface area contributed by atoms with Gasteiger partial charge in [-0.3, -0.25) is 0 Å². The summed E-state index contributed by atoms with van der Waals surface area (Å²) in [4.78, 5) is 0. The summed E-state index contributed by atoms with van der Waals surface area (Å²) in [7, 11) is 0. The molecule has 0 amide bonds. The van der Waals surface area contributed by atoms with Gasteiger partial charge in [-0.25, -0.2) is 0 Å². The third-order valence-electron chi connectivity index (χ3n) is 1.92. The molecule has 14 heavy (non-hydrogen) atoms. The largest absolute Gasteiger partial charge is 0.476 e. The molecule has 0 aliphatic heterocycles. The van der Waals surface area contributed by atoms with E-state index in [2.05, 4.69) is 24.0 Å². The van der Waals surface area contributed by atoms with Gasteiger partial charge in [0.25, 0.3) is 0 Å². The lowest BCUT2D eigenvalue weighted by molar-refractivity contribution is 0.273.